The van der Waals surface area contributed by atoms with Crippen LogP contribution in [0, 0.1) is 5.92 Å². The van der Waals surface area contributed by atoms with E-state index in [0.717, 1.165) is 15.5 Å². The van der Waals surface area contributed by atoms with E-state index in [1.165, 1.54) is 0 Å². The summed E-state index contributed by atoms with van der Waals surface area (Å²) in [6, 6.07) is 9.57. The van der Waals surface area contributed by atoms with Gasteiger partial charge in [0.15, 0.2) is 0 Å². The maximum absolute atomic E-state index is 13.0. The van der Waals surface area contributed by atoms with Crippen LogP contribution in [-0.4, -0.2) is 45.4 Å². The summed E-state index contributed by atoms with van der Waals surface area (Å²) >= 11 is 3.50. The van der Waals surface area contributed by atoms with Crippen molar-refractivity contribution in [1.82, 2.24) is 13.9 Å². The lowest BCUT2D eigenvalue weighted by molar-refractivity contribution is -0.151. The highest BCUT2D eigenvalue weighted by atomic mass is 79.9. The number of rotatable bonds is 6. The summed E-state index contributed by atoms with van der Waals surface area (Å²) in [5, 5.41) is 0. The number of carbonyl (C=O) groups excluding carboxylic acids is 2. The van der Waals surface area contributed by atoms with Crippen LogP contribution < -0.4 is 5.56 Å². The maximum atomic E-state index is 13.0. The molecule has 0 atom stereocenters. The molecule has 1 aliphatic rings. The summed E-state index contributed by atoms with van der Waals surface area (Å²) in [4.78, 5) is 39.4. The van der Waals surface area contributed by atoms with Gasteiger partial charge in [-0.25, -0.2) is 0 Å². The first-order valence-corrected chi connectivity index (χ1v) is 11.5. The zero-order valence-electron chi connectivity index (χ0n) is 17.6. The number of likely N-dealkylation sites (tertiary alicyclic amines) is 1. The molecule has 0 saturated carbocycles. The van der Waals surface area contributed by atoms with Gasteiger partial charge in [0.2, 0.25) is 5.91 Å². The Balaban J connectivity index is 1.42. The molecule has 0 aliphatic carbocycles. The van der Waals surface area contributed by atoms with Crippen molar-refractivity contribution in [2.75, 3.05) is 19.7 Å². The van der Waals surface area contributed by atoms with Crippen molar-refractivity contribution in [2.45, 2.75) is 39.2 Å². The van der Waals surface area contributed by atoms with Crippen LogP contribution in [0.3, 0.4) is 0 Å². The first kappa shape index (κ1) is 21.6. The van der Waals surface area contributed by atoms with E-state index >= 15 is 0 Å². The number of ether oxygens (including phenoxy) is 1. The zero-order chi connectivity index (χ0) is 22.0. The summed E-state index contributed by atoms with van der Waals surface area (Å²) in [6.07, 6.45) is 4.13. The number of carbonyl (C=O) groups is 2. The third-order valence-corrected chi connectivity index (χ3v) is 6.43. The maximum Gasteiger partial charge on any atom is 0.309 e. The summed E-state index contributed by atoms with van der Waals surface area (Å²) in [5.74, 6) is -0.196. The average molecular weight is 488 g/mol. The number of aryl methyl sites for hydroxylation is 1. The van der Waals surface area contributed by atoms with Crippen LogP contribution in [0.2, 0.25) is 0 Å². The molecule has 0 radical (unpaired) electrons. The van der Waals surface area contributed by atoms with E-state index < -0.39 is 0 Å². The van der Waals surface area contributed by atoms with Crippen molar-refractivity contribution in [3.05, 3.63) is 51.4 Å². The average Bonchev–Trinajstić information content (AvgIpc) is 3.26. The van der Waals surface area contributed by atoms with Crippen LogP contribution in [0.15, 0.2) is 45.8 Å². The van der Waals surface area contributed by atoms with Crippen LogP contribution in [0.5, 0.6) is 0 Å². The lowest BCUT2D eigenvalue weighted by Gasteiger charge is -2.31. The van der Waals surface area contributed by atoms with E-state index in [9.17, 15) is 14.4 Å². The number of piperidine rings is 1. The molecule has 1 fully saturated rings. The van der Waals surface area contributed by atoms with Crippen molar-refractivity contribution >= 4 is 44.4 Å². The van der Waals surface area contributed by atoms with E-state index in [4.69, 9.17) is 4.74 Å². The van der Waals surface area contributed by atoms with Gasteiger partial charge < -0.3 is 18.6 Å². The Morgan fingerprint density at radius 2 is 1.90 bits per heavy atom. The molecule has 1 amide bonds. The fourth-order valence-electron chi connectivity index (χ4n) is 4.32. The van der Waals surface area contributed by atoms with Gasteiger partial charge in [-0.15, -0.1) is 0 Å². The predicted octanol–water partition coefficient (Wildman–Crippen LogP) is 3.60. The molecule has 1 aliphatic heterocycles. The summed E-state index contributed by atoms with van der Waals surface area (Å²) in [7, 11) is 0. The molecule has 164 valence electrons. The number of esters is 1. The van der Waals surface area contributed by atoms with Crippen molar-refractivity contribution in [2.24, 2.45) is 5.92 Å². The topological polar surface area (TPSA) is 73.0 Å². The van der Waals surface area contributed by atoms with E-state index in [2.05, 4.69) is 15.9 Å². The van der Waals surface area contributed by atoms with Gasteiger partial charge in [-0.2, -0.15) is 0 Å². The molecular formula is C23H26BrN3O4. The van der Waals surface area contributed by atoms with Gasteiger partial charge in [-0.3, -0.25) is 14.4 Å². The van der Waals surface area contributed by atoms with Gasteiger partial charge >= 0.3 is 5.97 Å². The highest BCUT2D eigenvalue weighted by Crippen LogP contribution is 2.22. The zero-order valence-corrected chi connectivity index (χ0v) is 19.1. The quantitative estimate of drug-likeness (QED) is 0.498. The Morgan fingerprint density at radius 3 is 2.65 bits per heavy atom. The number of fused-ring (bicyclic) bond motifs is 3. The lowest BCUT2D eigenvalue weighted by Crippen LogP contribution is -2.40. The van der Waals surface area contributed by atoms with Crippen LogP contribution in [0.4, 0.5) is 0 Å². The number of aromatic nitrogens is 2. The predicted molar refractivity (Wildman–Crippen MR) is 122 cm³/mol. The van der Waals surface area contributed by atoms with Gasteiger partial charge in [0.25, 0.3) is 5.56 Å². The second-order valence-electron chi connectivity index (χ2n) is 7.86. The van der Waals surface area contributed by atoms with E-state index in [1.54, 1.807) is 11.5 Å². The fraction of sp³-hybridized carbons (Fsp3) is 0.435. The monoisotopic (exact) mass is 487 g/mol. The van der Waals surface area contributed by atoms with Gasteiger partial charge in [0, 0.05) is 36.7 Å². The van der Waals surface area contributed by atoms with Crippen LogP contribution in [0.25, 0.3) is 16.6 Å². The molecule has 3 aromatic rings. The third kappa shape index (κ3) is 4.39. The SMILES string of the molecule is CCOC(=O)C1CCN(C(=O)CCCn2c(=O)c3cccn3c3ccc(Br)cc32)CC1. The smallest absolute Gasteiger partial charge is 0.309 e. The highest BCUT2D eigenvalue weighted by Gasteiger charge is 2.27. The van der Waals surface area contributed by atoms with Crippen molar-refractivity contribution in [1.29, 1.82) is 0 Å². The standard InChI is InChI=1S/C23H26BrN3O4/c1-2-31-23(30)16-9-13-25(14-10-16)21(28)6-4-12-27-20-15-17(24)7-8-18(20)26-11-3-5-19(26)22(27)29/h3,5,7-8,11,15-16H,2,4,6,9-10,12-14H2,1H3. The Kier molecular flexibility index (Phi) is 6.46. The number of amides is 1. The molecule has 0 spiro atoms. The van der Waals surface area contributed by atoms with Gasteiger partial charge in [0.05, 0.1) is 23.6 Å². The summed E-state index contributed by atoms with van der Waals surface area (Å²) < 4.78 is 9.66. The van der Waals surface area contributed by atoms with E-state index in [-0.39, 0.29) is 23.4 Å². The molecule has 4 rings (SSSR count). The van der Waals surface area contributed by atoms with E-state index in [0.29, 0.717) is 57.4 Å². The minimum absolute atomic E-state index is 0.0571. The molecule has 8 heteroatoms. The first-order chi connectivity index (χ1) is 15.0. The molecular weight excluding hydrogens is 462 g/mol. The number of halogens is 1. The molecule has 3 heterocycles. The molecule has 31 heavy (non-hydrogen) atoms. The van der Waals surface area contributed by atoms with Gasteiger partial charge in [0.1, 0.15) is 5.52 Å². The summed E-state index contributed by atoms with van der Waals surface area (Å²) in [5.41, 5.74) is 2.36. The van der Waals surface area contributed by atoms with Crippen LogP contribution in [0.1, 0.15) is 32.6 Å². The minimum Gasteiger partial charge on any atom is -0.466 e. The van der Waals surface area contributed by atoms with Crippen molar-refractivity contribution in [3.63, 3.8) is 0 Å². The highest BCUT2D eigenvalue weighted by molar-refractivity contribution is 9.10. The molecule has 0 unspecified atom stereocenters. The second kappa shape index (κ2) is 9.26. The van der Waals surface area contributed by atoms with Crippen molar-refractivity contribution < 1.29 is 14.3 Å². The van der Waals surface area contributed by atoms with Crippen LogP contribution in [-0.2, 0) is 20.9 Å². The van der Waals surface area contributed by atoms with Gasteiger partial charge in [-0.1, -0.05) is 15.9 Å². The third-order valence-electron chi connectivity index (χ3n) is 5.94. The molecule has 1 saturated heterocycles. The lowest BCUT2D eigenvalue weighted by atomic mass is 9.97. The van der Waals surface area contributed by atoms with Crippen molar-refractivity contribution in [3.8, 4) is 0 Å². The summed E-state index contributed by atoms with van der Waals surface area (Å²) in [6.45, 7) is 3.82. The normalized spacial score (nSPS) is 15.0. The van der Waals surface area contributed by atoms with Gasteiger partial charge in [-0.05, 0) is 56.5 Å². The Labute approximate surface area is 188 Å². The first-order valence-electron chi connectivity index (χ1n) is 10.7. The molecule has 2 aromatic heterocycles. The molecule has 7 nitrogen and oxygen atoms in total. The molecule has 1 aromatic carbocycles. The number of benzene rings is 1. The van der Waals surface area contributed by atoms with Crippen LogP contribution >= 0.6 is 15.9 Å². The Hall–Kier alpha value is -2.61. The van der Waals surface area contributed by atoms with E-state index in [1.807, 2.05) is 45.8 Å². The second-order valence-corrected chi connectivity index (χ2v) is 8.78. The Morgan fingerprint density at radius 1 is 1.13 bits per heavy atom. The number of hydrogen-bond acceptors (Lipinski definition) is 4. The largest absolute Gasteiger partial charge is 0.466 e. The number of nitrogens with zero attached hydrogens (tertiary/aromatic N) is 3. The fourth-order valence-corrected chi connectivity index (χ4v) is 4.67. The Bertz CT molecular complexity index is 1170. The number of hydrogen-bond donors (Lipinski definition) is 0. The minimum atomic E-state index is -0.159. The molecule has 0 bridgehead atoms. The molecule has 0 N–H and O–H groups in total.